The predicted octanol–water partition coefficient (Wildman–Crippen LogP) is 2.69. The van der Waals surface area contributed by atoms with Crippen molar-refractivity contribution in [1.29, 1.82) is 0 Å². The van der Waals surface area contributed by atoms with Gasteiger partial charge in [-0.2, -0.15) is 5.10 Å². The molecule has 0 unspecified atom stereocenters. The van der Waals surface area contributed by atoms with Gasteiger partial charge in [0.05, 0.1) is 29.3 Å². The van der Waals surface area contributed by atoms with Crippen LogP contribution in [0.5, 0.6) is 11.5 Å². The lowest BCUT2D eigenvalue weighted by Gasteiger charge is -2.27. The van der Waals surface area contributed by atoms with Gasteiger partial charge in [0, 0.05) is 12.6 Å². The molecule has 0 radical (unpaired) electrons. The molecule has 2 amide bonds. The van der Waals surface area contributed by atoms with E-state index >= 15 is 0 Å². The summed E-state index contributed by atoms with van der Waals surface area (Å²) in [4.78, 5) is 15.0. The average Bonchev–Trinajstić information content (AvgIpc) is 3.46. The Kier molecular flexibility index (Phi) is 5.04. The quantitative estimate of drug-likeness (QED) is 0.778. The minimum Gasteiger partial charge on any atom is -0.486 e. The van der Waals surface area contributed by atoms with Crippen molar-refractivity contribution < 1.29 is 22.7 Å². The van der Waals surface area contributed by atoms with Crippen molar-refractivity contribution in [3.8, 4) is 11.5 Å². The zero-order chi connectivity index (χ0) is 21.6. The Bertz CT molecular complexity index is 1110. The number of aromatic nitrogens is 2. The molecule has 10 heteroatoms. The standard InChI is InChI=1S/C21H26N4O5S/c1-14-11-20(25(23-14)16-6-10-31(27,28)13-16)22-21(26)24-7-2-3-17(24)15-4-5-18-19(12-15)30-9-8-29-18/h4-5,11-12,16-17H,2-3,6-10,13H2,1H3,(H,22,26)/t16-,17-/m0/s1. The van der Waals surface area contributed by atoms with Crippen LogP contribution in [0.1, 0.15) is 42.6 Å². The number of amides is 2. The van der Waals surface area contributed by atoms with E-state index < -0.39 is 9.84 Å². The monoisotopic (exact) mass is 446 g/mol. The number of urea groups is 1. The summed E-state index contributed by atoms with van der Waals surface area (Å²) in [5, 5.41) is 7.43. The number of hydrogen-bond acceptors (Lipinski definition) is 6. The zero-order valence-corrected chi connectivity index (χ0v) is 18.2. The van der Waals surface area contributed by atoms with Gasteiger partial charge in [-0.25, -0.2) is 17.9 Å². The fraction of sp³-hybridized carbons (Fsp3) is 0.524. The van der Waals surface area contributed by atoms with E-state index in [1.165, 1.54) is 0 Å². The number of nitrogens with zero attached hydrogens (tertiary/aromatic N) is 3. The van der Waals surface area contributed by atoms with E-state index in [-0.39, 0.29) is 29.6 Å². The number of ether oxygens (including phenoxy) is 2. The van der Waals surface area contributed by atoms with Crippen molar-refractivity contribution in [2.45, 2.75) is 38.3 Å². The van der Waals surface area contributed by atoms with Gasteiger partial charge in [-0.05, 0) is 43.9 Å². The summed E-state index contributed by atoms with van der Waals surface area (Å²) in [5.41, 5.74) is 1.76. The fourth-order valence-corrected chi connectivity index (χ4v) is 6.35. The van der Waals surface area contributed by atoms with Gasteiger partial charge in [0.25, 0.3) is 0 Å². The Morgan fingerprint density at radius 2 is 1.97 bits per heavy atom. The minimum absolute atomic E-state index is 0.0554. The highest BCUT2D eigenvalue weighted by atomic mass is 32.2. The lowest BCUT2D eigenvalue weighted by atomic mass is 10.0. The zero-order valence-electron chi connectivity index (χ0n) is 17.4. The smallest absolute Gasteiger partial charge is 0.323 e. The number of anilines is 1. The molecule has 1 aromatic carbocycles. The van der Waals surface area contributed by atoms with Crippen LogP contribution in [-0.4, -0.2) is 60.4 Å². The second kappa shape index (κ2) is 7.74. The summed E-state index contributed by atoms with van der Waals surface area (Å²) >= 11 is 0. The number of rotatable bonds is 3. The average molecular weight is 447 g/mol. The molecule has 0 bridgehead atoms. The summed E-state index contributed by atoms with van der Waals surface area (Å²) in [5.74, 6) is 2.20. The van der Waals surface area contributed by atoms with Gasteiger partial charge in [-0.15, -0.1) is 0 Å². The summed E-state index contributed by atoms with van der Waals surface area (Å²) in [6.07, 6.45) is 2.29. The number of fused-ring (bicyclic) bond motifs is 1. The third-order valence-corrected chi connectivity index (χ3v) is 7.86. The molecule has 3 aliphatic heterocycles. The molecular formula is C21H26N4O5S. The minimum atomic E-state index is -3.05. The first-order chi connectivity index (χ1) is 14.9. The number of carbonyl (C=O) groups excluding carboxylic acids is 1. The maximum atomic E-state index is 13.2. The third kappa shape index (κ3) is 3.96. The van der Waals surface area contributed by atoms with Crippen LogP contribution in [0.3, 0.4) is 0 Å². The molecule has 0 spiro atoms. The number of sulfone groups is 1. The van der Waals surface area contributed by atoms with Crippen molar-refractivity contribution in [2.24, 2.45) is 0 Å². The summed E-state index contributed by atoms with van der Waals surface area (Å²) < 4.78 is 36.8. The van der Waals surface area contributed by atoms with Crippen LogP contribution in [-0.2, 0) is 9.84 Å². The molecule has 2 saturated heterocycles. The largest absolute Gasteiger partial charge is 0.486 e. The first-order valence-corrected chi connectivity index (χ1v) is 12.5. The van der Waals surface area contributed by atoms with E-state index in [1.54, 1.807) is 10.7 Å². The Hall–Kier alpha value is -2.75. The van der Waals surface area contributed by atoms with Crippen LogP contribution < -0.4 is 14.8 Å². The molecule has 0 saturated carbocycles. The van der Waals surface area contributed by atoms with E-state index in [2.05, 4.69) is 10.4 Å². The van der Waals surface area contributed by atoms with E-state index in [0.29, 0.717) is 37.7 Å². The van der Waals surface area contributed by atoms with Crippen LogP contribution in [0.4, 0.5) is 10.6 Å². The van der Waals surface area contributed by atoms with Gasteiger partial charge in [-0.1, -0.05) is 6.07 Å². The van der Waals surface area contributed by atoms with Gasteiger partial charge in [-0.3, -0.25) is 5.32 Å². The van der Waals surface area contributed by atoms with Gasteiger partial charge in [0.2, 0.25) is 0 Å². The number of carbonyl (C=O) groups is 1. The number of nitrogens with one attached hydrogen (secondary N) is 1. The summed E-state index contributed by atoms with van der Waals surface area (Å²) in [6, 6.07) is 7.12. The topological polar surface area (TPSA) is 103 Å². The highest BCUT2D eigenvalue weighted by molar-refractivity contribution is 7.91. The molecule has 2 fully saturated rings. The van der Waals surface area contributed by atoms with Crippen LogP contribution in [0.25, 0.3) is 0 Å². The molecule has 4 heterocycles. The molecule has 166 valence electrons. The Labute approximate surface area is 181 Å². The van der Waals surface area contributed by atoms with Crippen LogP contribution in [0.2, 0.25) is 0 Å². The Morgan fingerprint density at radius 3 is 2.74 bits per heavy atom. The van der Waals surface area contributed by atoms with Crippen LogP contribution in [0, 0.1) is 6.92 Å². The van der Waals surface area contributed by atoms with Gasteiger partial charge in [0.15, 0.2) is 21.3 Å². The Morgan fingerprint density at radius 1 is 1.16 bits per heavy atom. The van der Waals surface area contributed by atoms with Crippen molar-refractivity contribution in [1.82, 2.24) is 14.7 Å². The Balaban J connectivity index is 1.35. The first-order valence-electron chi connectivity index (χ1n) is 10.6. The summed E-state index contributed by atoms with van der Waals surface area (Å²) in [7, 11) is -3.05. The fourth-order valence-electron chi connectivity index (χ4n) is 4.66. The number of likely N-dealkylation sites (tertiary alicyclic amines) is 1. The summed E-state index contributed by atoms with van der Waals surface area (Å²) in [6.45, 7) is 3.55. The molecule has 9 nitrogen and oxygen atoms in total. The number of hydrogen-bond donors (Lipinski definition) is 1. The molecule has 2 aromatic rings. The lowest BCUT2D eigenvalue weighted by molar-refractivity contribution is 0.170. The van der Waals surface area contributed by atoms with E-state index in [9.17, 15) is 13.2 Å². The van der Waals surface area contributed by atoms with E-state index in [4.69, 9.17) is 9.47 Å². The number of benzene rings is 1. The van der Waals surface area contributed by atoms with Gasteiger partial charge < -0.3 is 14.4 Å². The highest BCUT2D eigenvalue weighted by Gasteiger charge is 2.34. The van der Waals surface area contributed by atoms with Crippen molar-refractivity contribution in [3.63, 3.8) is 0 Å². The van der Waals surface area contributed by atoms with Crippen LogP contribution in [0.15, 0.2) is 24.3 Å². The molecule has 3 aliphatic rings. The normalized spacial score (nSPS) is 24.4. The van der Waals surface area contributed by atoms with Crippen LogP contribution >= 0.6 is 0 Å². The van der Waals surface area contributed by atoms with Gasteiger partial charge in [0.1, 0.15) is 19.0 Å². The van der Waals surface area contributed by atoms with Crippen molar-refractivity contribution in [2.75, 3.05) is 36.6 Å². The molecule has 0 aliphatic carbocycles. The van der Waals surface area contributed by atoms with E-state index in [0.717, 1.165) is 29.8 Å². The molecule has 31 heavy (non-hydrogen) atoms. The highest BCUT2D eigenvalue weighted by Crippen LogP contribution is 2.38. The van der Waals surface area contributed by atoms with E-state index in [1.807, 2.05) is 30.0 Å². The maximum absolute atomic E-state index is 13.2. The maximum Gasteiger partial charge on any atom is 0.323 e. The second-order valence-electron chi connectivity index (χ2n) is 8.36. The van der Waals surface area contributed by atoms with Gasteiger partial charge >= 0.3 is 6.03 Å². The molecule has 1 aromatic heterocycles. The molecular weight excluding hydrogens is 420 g/mol. The predicted molar refractivity (Wildman–Crippen MR) is 114 cm³/mol. The molecule has 2 atom stereocenters. The van der Waals surface area contributed by atoms with Crippen molar-refractivity contribution in [3.05, 3.63) is 35.5 Å². The molecule has 1 N–H and O–H groups in total. The molecule has 5 rings (SSSR count). The number of aryl methyl sites for hydroxylation is 1. The third-order valence-electron chi connectivity index (χ3n) is 6.11. The van der Waals surface area contributed by atoms with Crippen molar-refractivity contribution >= 4 is 21.7 Å². The first kappa shape index (κ1) is 20.2. The SMILES string of the molecule is Cc1cc(NC(=O)N2CCC[C@H]2c2ccc3c(c2)OCCO3)n([C@H]2CCS(=O)(=O)C2)n1. The lowest BCUT2D eigenvalue weighted by Crippen LogP contribution is -2.35. The second-order valence-corrected chi connectivity index (χ2v) is 10.6.